The number of hydrogen-bond donors (Lipinski definition) is 0. The summed E-state index contributed by atoms with van der Waals surface area (Å²) in [7, 11) is 3.88. The number of carbonyl (C=O) groups is 2. The van der Waals surface area contributed by atoms with E-state index in [1.54, 1.807) is 0 Å². The molecule has 6 nitrogen and oxygen atoms in total. The second-order valence-electron chi connectivity index (χ2n) is 9.47. The minimum atomic E-state index is -0.276. The van der Waals surface area contributed by atoms with Crippen LogP contribution in [0, 0.1) is 5.92 Å². The van der Waals surface area contributed by atoms with Crippen molar-refractivity contribution in [2.24, 2.45) is 5.92 Å². The number of hydrogen-bond acceptors (Lipinski definition) is 5. The predicted molar refractivity (Wildman–Crippen MR) is 132 cm³/mol. The van der Waals surface area contributed by atoms with E-state index in [0.717, 1.165) is 42.9 Å². The fourth-order valence-corrected chi connectivity index (χ4v) is 4.58. The SMILES string of the molecule is CC1CCCN(C2=C(c3ccc(OC(C)C)cc3)C(=O)N(c3cccc(N(C)C)c3)C2=O)C1. The molecule has 1 saturated heterocycles. The number of anilines is 2. The van der Waals surface area contributed by atoms with Gasteiger partial charge in [-0.15, -0.1) is 0 Å². The number of amides is 2. The molecular formula is C27H33N3O3. The molecular weight excluding hydrogens is 414 g/mol. The maximum atomic E-state index is 13.8. The van der Waals surface area contributed by atoms with Gasteiger partial charge in [0.25, 0.3) is 11.8 Å². The zero-order valence-electron chi connectivity index (χ0n) is 20.2. The van der Waals surface area contributed by atoms with Crippen LogP contribution in [-0.4, -0.2) is 50.0 Å². The molecule has 0 saturated carbocycles. The third-order valence-electron chi connectivity index (χ3n) is 6.15. The lowest BCUT2D eigenvalue weighted by atomic mass is 9.97. The Morgan fingerprint density at radius 1 is 1.03 bits per heavy atom. The molecule has 0 bridgehead atoms. The van der Waals surface area contributed by atoms with E-state index in [4.69, 9.17) is 4.74 Å². The van der Waals surface area contributed by atoms with Crippen LogP contribution in [0.5, 0.6) is 5.75 Å². The molecule has 0 N–H and O–H groups in total. The van der Waals surface area contributed by atoms with E-state index in [0.29, 0.717) is 22.9 Å². The van der Waals surface area contributed by atoms with Gasteiger partial charge in [-0.25, -0.2) is 4.90 Å². The quantitative estimate of drug-likeness (QED) is 0.608. The molecule has 2 heterocycles. The summed E-state index contributed by atoms with van der Waals surface area (Å²) in [5.74, 6) is 0.697. The molecule has 1 atom stereocenters. The first-order valence-corrected chi connectivity index (χ1v) is 11.7. The van der Waals surface area contributed by atoms with E-state index in [1.807, 2.05) is 81.4 Å². The lowest BCUT2D eigenvalue weighted by Gasteiger charge is -2.33. The van der Waals surface area contributed by atoms with Crippen LogP contribution in [0.25, 0.3) is 5.57 Å². The van der Waals surface area contributed by atoms with Gasteiger partial charge in [0.05, 0.1) is 17.4 Å². The lowest BCUT2D eigenvalue weighted by Crippen LogP contribution is -2.39. The van der Waals surface area contributed by atoms with Crippen LogP contribution < -0.4 is 14.5 Å². The normalized spacial score (nSPS) is 19.0. The van der Waals surface area contributed by atoms with E-state index in [-0.39, 0.29) is 17.9 Å². The number of carbonyl (C=O) groups excluding carboxylic acids is 2. The van der Waals surface area contributed by atoms with Gasteiger partial charge < -0.3 is 14.5 Å². The molecule has 174 valence electrons. The van der Waals surface area contributed by atoms with Crippen LogP contribution >= 0.6 is 0 Å². The van der Waals surface area contributed by atoms with Crippen molar-refractivity contribution in [3.05, 3.63) is 59.8 Å². The average molecular weight is 448 g/mol. The Hall–Kier alpha value is -3.28. The van der Waals surface area contributed by atoms with Gasteiger partial charge in [0.1, 0.15) is 11.4 Å². The van der Waals surface area contributed by atoms with Gasteiger partial charge in [0.15, 0.2) is 0 Å². The van der Waals surface area contributed by atoms with Crippen molar-refractivity contribution >= 4 is 28.8 Å². The first-order valence-electron chi connectivity index (χ1n) is 11.7. The van der Waals surface area contributed by atoms with E-state index < -0.39 is 0 Å². The highest BCUT2D eigenvalue weighted by Crippen LogP contribution is 2.37. The molecule has 2 aliphatic heterocycles. The molecule has 0 aromatic heterocycles. The second kappa shape index (κ2) is 9.30. The van der Waals surface area contributed by atoms with Crippen LogP contribution in [0.3, 0.4) is 0 Å². The Bertz CT molecular complexity index is 1070. The number of piperidine rings is 1. The molecule has 0 radical (unpaired) electrons. The monoisotopic (exact) mass is 447 g/mol. The summed E-state index contributed by atoms with van der Waals surface area (Å²) in [6.45, 7) is 7.71. The maximum absolute atomic E-state index is 13.8. The Morgan fingerprint density at radius 3 is 2.39 bits per heavy atom. The number of likely N-dealkylation sites (tertiary alicyclic amines) is 1. The van der Waals surface area contributed by atoms with Gasteiger partial charge in [-0.2, -0.15) is 0 Å². The van der Waals surface area contributed by atoms with Gasteiger partial charge in [-0.1, -0.05) is 25.1 Å². The van der Waals surface area contributed by atoms with Crippen molar-refractivity contribution < 1.29 is 14.3 Å². The van der Waals surface area contributed by atoms with Crippen LogP contribution in [0.2, 0.25) is 0 Å². The van der Waals surface area contributed by atoms with Crippen molar-refractivity contribution in [3.8, 4) is 5.75 Å². The van der Waals surface area contributed by atoms with Crippen molar-refractivity contribution in [1.29, 1.82) is 0 Å². The van der Waals surface area contributed by atoms with Gasteiger partial charge in [0.2, 0.25) is 0 Å². The highest BCUT2D eigenvalue weighted by Gasteiger charge is 2.43. The second-order valence-corrected chi connectivity index (χ2v) is 9.47. The number of ether oxygens (including phenoxy) is 1. The Labute approximate surface area is 196 Å². The van der Waals surface area contributed by atoms with Crippen LogP contribution in [0.4, 0.5) is 11.4 Å². The Morgan fingerprint density at radius 2 is 1.76 bits per heavy atom. The fourth-order valence-electron chi connectivity index (χ4n) is 4.58. The van der Waals surface area contributed by atoms with Crippen LogP contribution in [0.15, 0.2) is 54.2 Å². The molecule has 4 rings (SSSR count). The molecule has 2 aliphatic rings. The standard InChI is InChI=1S/C27H33N3O3/c1-18(2)33-23-13-11-20(12-14-23)24-25(29-15-7-8-19(3)17-29)27(32)30(26(24)31)22-10-6-9-21(16-22)28(4)5/h6,9-14,16,18-19H,7-8,15,17H2,1-5H3. The summed E-state index contributed by atoms with van der Waals surface area (Å²) >= 11 is 0. The van der Waals surface area contributed by atoms with Gasteiger partial charge >= 0.3 is 0 Å². The average Bonchev–Trinajstić information content (AvgIpc) is 3.04. The highest BCUT2D eigenvalue weighted by atomic mass is 16.5. The third kappa shape index (κ3) is 4.61. The number of benzene rings is 2. The largest absolute Gasteiger partial charge is 0.491 e. The molecule has 33 heavy (non-hydrogen) atoms. The van der Waals surface area contributed by atoms with Crippen molar-refractivity contribution in [2.75, 3.05) is 37.0 Å². The highest BCUT2D eigenvalue weighted by molar-refractivity contribution is 6.45. The van der Waals surface area contributed by atoms with Gasteiger partial charge in [-0.3, -0.25) is 9.59 Å². The molecule has 6 heteroatoms. The summed E-state index contributed by atoms with van der Waals surface area (Å²) in [5, 5.41) is 0. The maximum Gasteiger partial charge on any atom is 0.282 e. The van der Waals surface area contributed by atoms with E-state index >= 15 is 0 Å². The zero-order chi connectivity index (χ0) is 23.7. The van der Waals surface area contributed by atoms with Crippen LogP contribution in [0.1, 0.15) is 39.2 Å². The van der Waals surface area contributed by atoms with E-state index in [2.05, 4.69) is 11.8 Å². The minimum Gasteiger partial charge on any atom is -0.491 e. The molecule has 1 fully saturated rings. The fraction of sp³-hybridized carbons (Fsp3) is 0.407. The predicted octanol–water partition coefficient (Wildman–Crippen LogP) is 4.56. The topological polar surface area (TPSA) is 53.1 Å². The van der Waals surface area contributed by atoms with Crippen molar-refractivity contribution in [1.82, 2.24) is 4.90 Å². The lowest BCUT2D eigenvalue weighted by molar-refractivity contribution is -0.120. The first kappa shape index (κ1) is 22.9. The number of imide groups is 1. The third-order valence-corrected chi connectivity index (χ3v) is 6.15. The zero-order valence-corrected chi connectivity index (χ0v) is 20.2. The number of nitrogens with zero attached hydrogens (tertiary/aromatic N) is 3. The summed E-state index contributed by atoms with van der Waals surface area (Å²) in [6.07, 6.45) is 2.21. The summed E-state index contributed by atoms with van der Waals surface area (Å²) < 4.78 is 5.77. The van der Waals surface area contributed by atoms with Gasteiger partial charge in [0, 0.05) is 32.9 Å². The summed E-state index contributed by atoms with van der Waals surface area (Å²) in [4.78, 5) is 32.9. The summed E-state index contributed by atoms with van der Waals surface area (Å²) in [6, 6.07) is 15.0. The van der Waals surface area contributed by atoms with Crippen molar-refractivity contribution in [2.45, 2.75) is 39.7 Å². The smallest absolute Gasteiger partial charge is 0.282 e. The molecule has 2 aromatic rings. The molecule has 2 aromatic carbocycles. The Kier molecular flexibility index (Phi) is 6.45. The summed E-state index contributed by atoms with van der Waals surface area (Å²) in [5.41, 5.74) is 3.25. The molecule has 0 spiro atoms. The minimum absolute atomic E-state index is 0.0645. The molecule has 1 unspecified atom stereocenters. The first-order chi connectivity index (χ1) is 15.8. The Balaban J connectivity index is 1.77. The molecule has 2 amide bonds. The van der Waals surface area contributed by atoms with Gasteiger partial charge in [-0.05, 0) is 68.5 Å². The van der Waals surface area contributed by atoms with E-state index in [9.17, 15) is 9.59 Å². The van der Waals surface area contributed by atoms with Crippen molar-refractivity contribution in [3.63, 3.8) is 0 Å². The van der Waals surface area contributed by atoms with Crippen LogP contribution in [-0.2, 0) is 9.59 Å². The molecule has 0 aliphatic carbocycles. The van der Waals surface area contributed by atoms with E-state index in [1.165, 1.54) is 4.90 Å². The number of rotatable bonds is 6.